The molecule has 72 valence electrons. The molecule has 0 saturated carbocycles. The fourth-order valence-electron chi connectivity index (χ4n) is 1.72. The lowest BCUT2D eigenvalue weighted by molar-refractivity contribution is 1.10. The molecule has 0 saturated heterocycles. The number of rotatable bonds is 1. The molecule has 0 spiro atoms. The van der Waals surface area contributed by atoms with Gasteiger partial charge in [-0.05, 0) is 25.1 Å². The van der Waals surface area contributed by atoms with Crippen LogP contribution in [0.3, 0.4) is 0 Å². The molecule has 3 nitrogen and oxygen atoms in total. The fraction of sp³-hybridized carbons (Fsp3) is 0.167. The Bertz CT molecular complexity index is 567. The van der Waals surface area contributed by atoms with Crippen molar-refractivity contribution in [2.75, 3.05) is 0 Å². The molecule has 3 heteroatoms. The molecule has 1 aromatic carbocycles. The summed E-state index contributed by atoms with van der Waals surface area (Å²) in [6, 6.07) is 8.92. The van der Waals surface area contributed by atoms with E-state index in [2.05, 4.69) is 9.83 Å². The number of H-pyrrole nitrogens is 1. The summed E-state index contributed by atoms with van der Waals surface area (Å²) in [5, 5.41) is 9.84. The molecular formula is C12H9N3. The first-order chi connectivity index (χ1) is 7.26. The van der Waals surface area contributed by atoms with Gasteiger partial charge in [0.15, 0.2) is 6.07 Å². The highest BCUT2D eigenvalue weighted by Gasteiger charge is 2.17. The molecule has 0 aliphatic carbocycles. The number of aromatic amines is 1. The van der Waals surface area contributed by atoms with Gasteiger partial charge in [0.2, 0.25) is 0 Å². The van der Waals surface area contributed by atoms with Crippen molar-refractivity contribution in [1.29, 1.82) is 5.26 Å². The fourth-order valence-corrected chi connectivity index (χ4v) is 1.72. The Labute approximate surface area is 87.8 Å². The predicted molar refractivity (Wildman–Crippen MR) is 58.0 cm³/mol. The normalized spacial score (nSPS) is 11.9. The van der Waals surface area contributed by atoms with Crippen LogP contribution in [0.5, 0.6) is 0 Å². The summed E-state index contributed by atoms with van der Waals surface area (Å²) < 4.78 is 0. The SMILES string of the molecule is [C-]#[N+]C(C#N)c1cccc2[nH]c(C)cc12. The van der Waals surface area contributed by atoms with Crippen molar-refractivity contribution < 1.29 is 0 Å². The van der Waals surface area contributed by atoms with E-state index in [4.69, 9.17) is 11.8 Å². The number of aryl methyl sites for hydroxylation is 1. The van der Waals surface area contributed by atoms with E-state index < -0.39 is 6.04 Å². The van der Waals surface area contributed by atoms with Gasteiger partial charge in [-0.2, -0.15) is 5.26 Å². The minimum Gasteiger partial charge on any atom is -0.359 e. The topological polar surface area (TPSA) is 43.9 Å². The second-order valence-corrected chi connectivity index (χ2v) is 3.42. The summed E-state index contributed by atoms with van der Waals surface area (Å²) in [6.07, 6.45) is 0. The molecule has 0 aliphatic heterocycles. The number of hydrogen-bond donors (Lipinski definition) is 1. The molecule has 0 amide bonds. The Morgan fingerprint density at radius 3 is 3.00 bits per heavy atom. The van der Waals surface area contributed by atoms with Gasteiger partial charge in [-0.25, -0.2) is 6.57 Å². The third-order valence-corrected chi connectivity index (χ3v) is 2.38. The van der Waals surface area contributed by atoms with Gasteiger partial charge in [0.25, 0.3) is 0 Å². The van der Waals surface area contributed by atoms with Crippen molar-refractivity contribution in [1.82, 2.24) is 4.98 Å². The highest BCUT2D eigenvalue weighted by atomic mass is 14.7. The molecule has 0 radical (unpaired) electrons. The molecule has 15 heavy (non-hydrogen) atoms. The molecular weight excluding hydrogens is 186 g/mol. The van der Waals surface area contributed by atoms with Gasteiger partial charge in [0.1, 0.15) is 0 Å². The Balaban J connectivity index is 2.72. The van der Waals surface area contributed by atoms with Crippen LogP contribution in [0.15, 0.2) is 24.3 Å². The molecule has 1 heterocycles. The van der Waals surface area contributed by atoms with Gasteiger partial charge in [-0.3, -0.25) is 4.85 Å². The van der Waals surface area contributed by atoms with Crippen LogP contribution < -0.4 is 0 Å². The van der Waals surface area contributed by atoms with E-state index in [0.29, 0.717) is 0 Å². The van der Waals surface area contributed by atoms with Crippen LogP contribution in [0.25, 0.3) is 15.7 Å². The molecule has 0 bridgehead atoms. The maximum absolute atomic E-state index is 8.87. The van der Waals surface area contributed by atoms with Gasteiger partial charge >= 0.3 is 6.04 Å². The Kier molecular flexibility index (Phi) is 2.15. The number of nitrogens with zero attached hydrogens (tertiary/aromatic N) is 2. The molecule has 2 aromatic rings. The second-order valence-electron chi connectivity index (χ2n) is 3.42. The maximum atomic E-state index is 8.87. The second kappa shape index (κ2) is 3.48. The van der Waals surface area contributed by atoms with E-state index in [1.54, 1.807) is 0 Å². The third kappa shape index (κ3) is 1.45. The monoisotopic (exact) mass is 195 g/mol. The van der Waals surface area contributed by atoms with E-state index in [-0.39, 0.29) is 0 Å². The average Bonchev–Trinajstić information content (AvgIpc) is 2.61. The molecule has 1 atom stereocenters. The lowest BCUT2D eigenvalue weighted by Crippen LogP contribution is -1.89. The number of benzene rings is 1. The van der Waals surface area contributed by atoms with Crippen molar-refractivity contribution in [2.24, 2.45) is 0 Å². The molecule has 1 unspecified atom stereocenters. The van der Waals surface area contributed by atoms with Crippen molar-refractivity contribution in [2.45, 2.75) is 13.0 Å². The third-order valence-electron chi connectivity index (χ3n) is 2.38. The predicted octanol–water partition coefficient (Wildman–Crippen LogP) is 2.96. The summed E-state index contributed by atoms with van der Waals surface area (Å²) in [5.41, 5.74) is 2.81. The smallest absolute Gasteiger partial charge is 0.333 e. The minimum atomic E-state index is -0.705. The average molecular weight is 195 g/mol. The largest absolute Gasteiger partial charge is 0.359 e. The summed E-state index contributed by atoms with van der Waals surface area (Å²) in [5.74, 6) is 0. The van der Waals surface area contributed by atoms with Crippen LogP contribution in [-0.4, -0.2) is 4.98 Å². The maximum Gasteiger partial charge on any atom is 0.333 e. The zero-order chi connectivity index (χ0) is 10.8. The molecule has 1 aromatic heterocycles. The lowest BCUT2D eigenvalue weighted by atomic mass is 10.0. The Morgan fingerprint density at radius 1 is 1.53 bits per heavy atom. The van der Waals surface area contributed by atoms with Crippen molar-refractivity contribution in [3.63, 3.8) is 0 Å². The van der Waals surface area contributed by atoms with E-state index in [1.165, 1.54) is 0 Å². The number of aromatic nitrogens is 1. The first-order valence-corrected chi connectivity index (χ1v) is 4.60. The standard InChI is InChI=1S/C12H9N3/c1-8-6-10-9(12(7-13)14-2)4-3-5-11(10)15-8/h3-6,12,15H,1H3. The number of fused-ring (bicyclic) bond motifs is 1. The quantitative estimate of drug-likeness (QED) is 0.698. The molecule has 2 rings (SSSR count). The Hall–Kier alpha value is -2.26. The summed E-state index contributed by atoms with van der Waals surface area (Å²) in [4.78, 5) is 6.50. The zero-order valence-corrected chi connectivity index (χ0v) is 8.28. The molecule has 0 aliphatic rings. The first kappa shape index (κ1) is 9.30. The van der Waals surface area contributed by atoms with Gasteiger partial charge in [-0.15, -0.1) is 0 Å². The summed E-state index contributed by atoms with van der Waals surface area (Å²) in [7, 11) is 0. The van der Waals surface area contributed by atoms with E-state index >= 15 is 0 Å². The lowest BCUT2D eigenvalue weighted by Gasteiger charge is -1.98. The van der Waals surface area contributed by atoms with Gasteiger partial charge < -0.3 is 4.98 Å². The van der Waals surface area contributed by atoms with Crippen molar-refractivity contribution >= 4 is 10.9 Å². The van der Waals surface area contributed by atoms with Gasteiger partial charge in [-0.1, -0.05) is 6.07 Å². The van der Waals surface area contributed by atoms with Crippen LogP contribution in [0.4, 0.5) is 0 Å². The van der Waals surface area contributed by atoms with E-state index in [0.717, 1.165) is 22.2 Å². The minimum absolute atomic E-state index is 0.705. The molecule has 1 N–H and O–H groups in total. The Morgan fingerprint density at radius 2 is 2.33 bits per heavy atom. The zero-order valence-electron chi connectivity index (χ0n) is 8.28. The van der Waals surface area contributed by atoms with Crippen LogP contribution in [0.1, 0.15) is 17.3 Å². The highest BCUT2D eigenvalue weighted by molar-refractivity contribution is 5.85. The number of nitrogens with one attached hydrogen (secondary N) is 1. The van der Waals surface area contributed by atoms with Crippen molar-refractivity contribution in [3.8, 4) is 6.07 Å². The molecule has 0 fully saturated rings. The van der Waals surface area contributed by atoms with Crippen LogP contribution >= 0.6 is 0 Å². The van der Waals surface area contributed by atoms with E-state index in [9.17, 15) is 0 Å². The van der Waals surface area contributed by atoms with Crippen LogP contribution in [0, 0.1) is 24.8 Å². The van der Waals surface area contributed by atoms with Crippen molar-refractivity contribution in [3.05, 3.63) is 46.9 Å². The highest BCUT2D eigenvalue weighted by Crippen LogP contribution is 2.26. The first-order valence-electron chi connectivity index (χ1n) is 4.60. The summed E-state index contributed by atoms with van der Waals surface area (Å²) in [6.45, 7) is 8.93. The van der Waals surface area contributed by atoms with Gasteiger partial charge in [0, 0.05) is 16.6 Å². The van der Waals surface area contributed by atoms with Crippen LogP contribution in [0.2, 0.25) is 0 Å². The van der Waals surface area contributed by atoms with E-state index in [1.807, 2.05) is 37.3 Å². The van der Waals surface area contributed by atoms with Gasteiger partial charge in [0.05, 0.1) is 5.56 Å². The number of hydrogen-bond acceptors (Lipinski definition) is 1. The van der Waals surface area contributed by atoms with Crippen LogP contribution in [-0.2, 0) is 0 Å². The summed E-state index contributed by atoms with van der Waals surface area (Å²) >= 11 is 0. The number of nitriles is 1.